The van der Waals surface area contributed by atoms with Gasteiger partial charge in [0.15, 0.2) is 0 Å². The number of benzene rings is 4. The van der Waals surface area contributed by atoms with Crippen molar-refractivity contribution in [2.75, 3.05) is 25.5 Å². The maximum atomic E-state index is 13.0. The van der Waals surface area contributed by atoms with E-state index in [0.29, 0.717) is 47.3 Å². The number of H-pyrrole nitrogens is 1. The number of hydrogen-bond donors (Lipinski definition) is 7. The molecule has 5 rings (SSSR count). The van der Waals surface area contributed by atoms with Gasteiger partial charge in [0.2, 0.25) is 5.56 Å². The van der Waals surface area contributed by atoms with E-state index in [1.807, 2.05) is 48.5 Å². The molecule has 0 radical (unpaired) electrons. The molecule has 1 heterocycles. The number of aromatic nitrogens is 1. The minimum atomic E-state index is -1.13. The molecular formula is C37H39ClF2N4O7. The quantitative estimate of drug-likeness (QED) is 0.0633. The van der Waals surface area contributed by atoms with Gasteiger partial charge in [-0.25, -0.2) is 4.79 Å². The van der Waals surface area contributed by atoms with Gasteiger partial charge in [-0.15, -0.1) is 0 Å². The summed E-state index contributed by atoms with van der Waals surface area (Å²) in [4.78, 5) is 38.7. The Morgan fingerprint density at radius 2 is 1.73 bits per heavy atom. The third-order valence-electron chi connectivity index (χ3n) is 8.12. The van der Waals surface area contributed by atoms with Gasteiger partial charge in [0.25, 0.3) is 5.91 Å². The third-order valence-corrected chi connectivity index (χ3v) is 8.43. The van der Waals surface area contributed by atoms with Gasteiger partial charge in [-0.05, 0) is 66.3 Å². The number of aliphatic hydroxyl groups is 1. The van der Waals surface area contributed by atoms with E-state index in [4.69, 9.17) is 16.3 Å². The van der Waals surface area contributed by atoms with Gasteiger partial charge >= 0.3 is 6.09 Å². The molecule has 0 bridgehead atoms. The van der Waals surface area contributed by atoms with Crippen LogP contribution in [-0.2, 0) is 13.0 Å². The van der Waals surface area contributed by atoms with Crippen LogP contribution in [0, 0.1) is 0 Å². The minimum absolute atomic E-state index is 0. The number of rotatable bonds is 14. The summed E-state index contributed by atoms with van der Waals surface area (Å²) < 4.78 is 5.53. The number of aromatic hydroxyl groups is 1. The number of carbonyl (C=O) groups excluding carboxylic acids is 1. The Hall–Kier alpha value is -5.50. The van der Waals surface area contributed by atoms with Gasteiger partial charge in [-0.3, -0.25) is 24.3 Å². The number of carbonyl (C=O) groups is 2. The fraction of sp³-hybridized carbons (Fsp3) is 0.216. The van der Waals surface area contributed by atoms with Crippen molar-refractivity contribution in [2.45, 2.75) is 31.9 Å². The summed E-state index contributed by atoms with van der Waals surface area (Å²) in [6.07, 6.45) is 0.0856. The highest BCUT2D eigenvalue weighted by atomic mass is 35.5. The molecule has 0 unspecified atom stereocenters. The summed E-state index contributed by atoms with van der Waals surface area (Å²) in [6.45, 7) is 0.849. The zero-order valence-corrected chi connectivity index (χ0v) is 28.3. The first-order valence-corrected chi connectivity index (χ1v) is 16.1. The first kappa shape index (κ1) is 39.9. The average molecular weight is 725 g/mol. The largest absolute Gasteiger partial charge is 0.506 e. The number of aromatic amines is 1. The van der Waals surface area contributed by atoms with Crippen LogP contribution < -0.4 is 26.2 Å². The average Bonchev–Trinajstić information content (AvgIpc) is 3.08. The molecule has 5 aromatic rings. The number of carboxylic acid groups (broad SMARTS) is 1. The Morgan fingerprint density at radius 1 is 0.961 bits per heavy atom. The van der Waals surface area contributed by atoms with Crippen LogP contribution in [0.2, 0.25) is 5.02 Å². The number of anilines is 1. The van der Waals surface area contributed by atoms with E-state index in [2.05, 4.69) is 20.9 Å². The van der Waals surface area contributed by atoms with Gasteiger partial charge < -0.3 is 35.7 Å². The fourth-order valence-corrected chi connectivity index (χ4v) is 5.96. The van der Waals surface area contributed by atoms with Crippen LogP contribution in [0.5, 0.6) is 11.5 Å². The van der Waals surface area contributed by atoms with E-state index in [-0.39, 0.29) is 55.8 Å². The van der Waals surface area contributed by atoms with Crippen LogP contribution in [0.25, 0.3) is 22.0 Å². The van der Waals surface area contributed by atoms with Crippen LogP contribution in [0.4, 0.5) is 19.9 Å². The van der Waals surface area contributed by atoms with Crippen molar-refractivity contribution in [3.8, 4) is 22.6 Å². The summed E-state index contributed by atoms with van der Waals surface area (Å²) in [7, 11) is 1.50. The number of hydrogen-bond acceptors (Lipinski definition) is 7. The molecule has 0 fully saturated rings. The lowest BCUT2D eigenvalue weighted by Gasteiger charge is -2.17. The molecule has 7 N–H and O–H groups in total. The second kappa shape index (κ2) is 18.5. The number of ether oxygens (including phenoxy) is 1. The number of phenolic OH excluding ortho intramolecular Hbond substituents is 1. The monoisotopic (exact) mass is 724 g/mol. The predicted molar refractivity (Wildman–Crippen MR) is 195 cm³/mol. The van der Waals surface area contributed by atoms with Gasteiger partial charge in [-0.1, -0.05) is 60.1 Å². The molecule has 0 aliphatic rings. The second-order valence-corrected chi connectivity index (χ2v) is 11.9. The number of fused-ring (bicyclic) bond motifs is 1. The highest BCUT2D eigenvalue weighted by molar-refractivity contribution is 6.34. The topological polar surface area (TPSA) is 173 Å². The van der Waals surface area contributed by atoms with Crippen molar-refractivity contribution in [1.29, 1.82) is 0 Å². The second-order valence-electron chi connectivity index (χ2n) is 11.5. The van der Waals surface area contributed by atoms with Crippen molar-refractivity contribution in [1.82, 2.24) is 15.6 Å². The van der Waals surface area contributed by atoms with E-state index in [9.17, 15) is 29.7 Å². The van der Waals surface area contributed by atoms with Crippen molar-refractivity contribution in [3.63, 3.8) is 0 Å². The van der Waals surface area contributed by atoms with Crippen molar-refractivity contribution < 1.29 is 39.1 Å². The normalized spacial score (nSPS) is 11.2. The summed E-state index contributed by atoms with van der Waals surface area (Å²) in [6, 6.07) is 24.5. The highest BCUT2D eigenvalue weighted by Crippen LogP contribution is 2.31. The molecule has 270 valence electrons. The summed E-state index contributed by atoms with van der Waals surface area (Å²) in [5.41, 5.74) is 4.60. The van der Waals surface area contributed by atoms with Crippen molar-refractivity contribution in [3.05, 3.63) is 123 Å². The standard InChI is InChI=1S/C37H37ClN4O7.2FH/c1-49-33-19-28(29(38)18-24(33)20-39-21-32(44)26-12-14-31(43)35-27(26)13-15-34(45)42-35)36(46)40-16-6-5-7-22-10-11-25(23-8-3-2-4-9-23)30(17-22)41-37(47)48;;/h2-4,8-15,17-19,32,39,41,43-44H,5-7,16,20-21H2,1H3,(H,40,46)(H,42,45)(H,47,48);2*1H/t32-;;/m0../s1. The fourth-order valence-electron chi connectivity index (χ4n) is 5.69. The highest BCUT2D eigenvalue weighted by Gasteiger charge is 2.17. The molecule has 2 amide bonds. The smallest absolute Gasteiger partial charge is 0.409 e. The molecule has 0 aliphatic carbocycles. The third kappa shape index (κ3) is 10.0. The molecular weight excluding hydrogens is 686 g/mol. The molecule has 0 spiro atoms. The van der Waals surface area contributed by atoms with Crippen LogP contribution in [0.3, 0.4) is 0 Å². The van der Waals surface area contributed by atoms with Crippen molar-refractivity contribution in [2.24, 2.45) is 0 Å². The first-order chi connectivity index (χ1) is 23.6. The Kier molecular flexibility index (Phi) is 14.5. The van der Waals surface area contributed by atoms with E-state index < -0.39 is 12.2 Å². The number of amides is 2. The number of unbranched alkanes of at least 4 members (excludes halogenated alkanes) is 1. The summed E-state index contributed by atoms with van der Waals surface area (Å²) in [5, 5.41) is 39.7. The summed E-state index contributed by atoms with van der Waals surface area (Å²) >= 11 is 6.52. The summed E-state index contributed by atoms with van der Waals surface area (Å²) in [5.74, 6) is 0.0282. The number of pyridine rings is 1. The Labute approximate surface area is 297 Å². The molecule has 0 saturated carbocycles. The SMILES string of the molecule is COc1cc(C(=O)NCCCCc2ccc(-c3ccccc3)c(NC(=O)O)c2)c(Cl)cc1CNC[C@H](O)c1ccc(O)c2[nH]c(=O)ccc12.F.F. The molecule has 11 nitrogen and oxygen atoms in total. The lowest BCUT2D eigenvalue weighted by molar-refractivity contribution is 0.0952. The van der Waals surface area contributed by atoms with Crippen LogP contribution in [0.15, 0.2) is 89.7 Å². The van der Waals surface area contributed by atoms with Crippen LogP contribution in [0.1, 0.15) is 46.0 Å². The van der Waals surface area contributed by atoms with E-state index >= 15 is 0 Å². The van der Waals surface area contributed by atoms with E-state index in [0.717, 1.165) is 23.1 Å². The molecule has 4 aromatic carbocycles. The number of nitrogens with one attached hydrogen (secondary N) is 4. The van der Waals surface area contributed by atoms with Gasteiger partial charge in [0.05, 0.1) is 35.0 Å². The number of aryl methyl sites for hydroxylation is 1. The van der Waals surface area contributed by atoms with E-state index in [1.54, 1.807) is 24.3 Å². The molecule has 0 aliphatic heterocycles. The maximum absolute atomic E-state index is 13.0. The Bertz CT molecular complexity index is 2030. The number of methoxy groups -OCH3 is 1. The maximum Gasteiger partial charge on any atom is 0.409 e. The number of phenols is 1. The minimum Gasteiger partial charge on any atom is -0.506 e. The molecule has 14 heteroatoms. The van der Waals surface area contributed by atoms with E-state index in [1.165, 1.54) is 19.2 Å². The number of aliphatic hydroxyl groups excluding tert-OH is 1. The van der Waals surface area contributed by atoms with Crippen molar-refractivity contribution >= 4 is 40.2 Å². The molecule has 1 aromatic heterocycles. The Morgan fingerprint density at radius 3 is 2.45 bits per heavy atom. The molecule has 1 atom stereocenters. The lowest BCUT2D eigenvalue weighted by atomic mass is 9.99. The lowest BCUT2D eigenvalue weighted by Crippen LogP contribution is -2.25. The molecule has 51 heavy (non-hydrogen) atoms. The van der Waals surface area contributed by atoms with Gasteiger partial charge in [0.1, 0.15) is 11.5 Å². The first-order valence-electron chi connectivity index (χ1n) is 15.7. The molecule has 0 saturated heterocycles. The Balaban J connectivity index is 0.00000351. The zero-order chi connectivity index (χ0) is 34.9. The number of halogens is 3. The predicted octanol–water partition coefficient (Wildman–Crippen LogP) is 6.53. The zero-order valence-electron chi connectivity index (χ0n) is 27.6. The van der Waals surface area contributed by atoms with Crippen LogP contribution >= 0.6 is 11.6 Å². The van der Waals surface area contributed by atoms with Gasteiger partial charge in [0, 0.05) is 42.2 Å². The van der Waals surface area contributed by atoms with Crippen LogP contribution in [-0.4, -0.2) is 52.5 Å². The van der Waals surface area contributed by atoms with Gasteiger partial charge in [-0.2, -0.15) is 0 Å².